The van der Waals surface area contributed by atoms with Crippen molar-refractivity contribution in [1.29, 1.82) is 0 Å². The van der Waals surface area contributed by atoms with Gasteiger partial charge in [0.25, 0.3) is 0 Å². The van der Waals surface area contributed by atoms with Crippen LogP contribution in [0.15, 0.2) is 60.7 Å². The van der Waals surface area contributed by atoms with E-state index in [4.69, 9.17) is 0 Å². The highest BCUT2D eigenvalue weighted by Gasteiger charge is 2.43. The lowest BCUT2D eigenvalue weighted by Crippen LogP contribution is -2.24. The number of alkyl halides is 3. The summed E-state index contributed by atoms with van der Waals surface area (Å²) in [6, 6.07) is 16.4. The van der Waals surface area contributed by atoms with Gasteiger partial charge in [-0.1, -0.05) is 42.5 Å². The molecule has 1 nitrogen and oxygen atoms in total. The average Bonchev–Trinajstić information content (AvgIpc) is 2.85. The molecule has 3 aromatic carbocycles. The van der Waals surface area contributed by atoms with Crippen LogP contribution in [-0.4, -0.2) is 0 Å². The van der Waals surface area contributed by atoms with Gasteiger partial charge in [-0.25, -0.2) is 0 Å². The zero-order valence-corrected chi connectivity index (χ0v) is 15.2. The molecule has 1 heterocycles. The lowest BCUT2D eigenvalue weighted by atomic mass is 10.0. The minimum absolute atomic E-state index is 0.421. The van der Waals surface area contributed by atoms with Crippen LogP contribution in [0.1, 0.15) is 16.7 Å². The third-order valence-electron chi connectivity index (χ3n) is 4.96. The molecule has 0 amide bonds. The molecule has 0 bridgehead atoms. The van der Waals surface area contributed by atoms with Crippen molar-refractivity contribution in [2.45, 2.75) is 20.0 Å². The maximum Gasteiger partial charge on any atom is 0.416 e. The minimum Gasteiger partial charge on any atom is -0.309 e. The van der Waals surface area contributed by atoms with Crippen LogP contribution in [0.4, 0.5) is 13.2 Å². The van der Waals surface area contributed by atoms with E-state index in [0.29, 0.717) is 27.0 Å². The Hall–Kier alpha value is -2.32. The highest BCUT2D eigenvalue weighted by Crippen LogP contribution is 2.54. The highest BCUT2D eigenvalue weighted by molar-refractivity contribution is 7.86. The lowest BCUT2D eigenvalue weighted by Gasteiger charge is -2.19. The predicted molar refractivity (Wildman–Crippen MR) is 99.3 cm³/mol. The van der Waals surface area contributed by atoms with Crippen molar-refractivity contribution < 1.29 is 17.7 Å². The second-order valence-electron chi connectivity index (χ2n) is 6.60. The van der Waals surface area contributed by atoms with E-state index in [1.54, 1.807) is 12.1 Å². The molecule has 1 aliphatic heterocycles. The van der Waals surface area contributed by atoms with Gasteiger partial charge in [-0.05, 0) is 54.3 Å². The topological polar surface area (TPSA) is 17.1 Å². The van der Waals surface area contributed by atoms with Crippen LogP contribution in [0.25, 0.3) is 11.1 Å². The fourth-order valence-electron chi connectivity index (χ4n) is 3.78. The molecule has 4 rings (SSSR count). The Morgan fingerprint density at radius 3 is 2.15 bits per heavy atom. The van der Waals surface area contributed by atoms with Crippen molar-refractivity contribution in [2.24, 2.45) is 0 Å². The molecular formula is C21H16F3OP. The van der Waals surface area contributed by atoms with Gasteiger partial charge in [0, 0.05) is 15.9 Å². The van der Waals surface area contributed by atoms with Gasteiger partial charge in [0.05, 0.1) is 5.56 Å². The maximum absolute atomic E-state index is 14.4. The van der Waals surface area contributed by atoms with Crippen LogP contribution in [0.3, 0.4) is 0 Å². The second-order valence-corrected chi connectivity index (χ2v) is 9.23. The predicted octanol–water partition coefficient (Wildman–Crippen LogP) is 4.94. The van der Waals surface area contributed by atoms with Crippen LogP contribution in [-0.2, 0) is 10.7 Å². The smallest absolute Gasteiger partial charge is 0.309 e. The van der Waals surface area contributed by atoms with E-state index in [-0.39, 0.29) is 0 Å². The van der Waals surface area contributed by atoms with Gasteiger partial charge >= 0.3 is 6.18 Å². The largest absolute Gasteiger partial charge is 0.416 e. The molecule has 0 radical (unpaired) electrons. The van der Waals surface area contributed by atoms with E-state index in [9.17, 15) is 17.7 Å². The zero-order valence-electron chi connectivity index (χ0n) is 14.3. The molecule has 0 saturated heterocycles. The van der Waals surface area contributed by atoms with Crippen LogP contribution >= 0.6 is 7.14 Å². The fourth-order valence-corrected chi connectivity index (χ4v) is 7.31. The first kappa shape index (κ1) is 17.1. The molecule has 0 N–H and O–H groups in total. The molecule has 0 saturated carbocycles. The first-order valence-corrected chi connectivity index (χ1v) is 9.94. The summed E-state index contributed by atoms with van der Waals surface area (Å²) in [5.41, 5.74) is 2.04. The molecule has 0 aromatic heterocycles. The Morgan fingerprint density at radius 1 is 0.769 bits per heavy atom. The van der Waals surface area contributed by atoms with Crippen molar-refractivity contribution in [3.8, 4) is 11.1 Å². The van der Waals surface area contributed by atoms with E-state index in [1.165, 1.54) is 6.07 Å². The summed E-state index contributed by atoms with van der Waals surface area (Å²) in [5.74, 6) is 0. The van der Waals surface area contributed by atoms with Crippen LogP contribution in [0.5, 0.6) is 0 Å². The standard InChI is InChI=1S/C21H16F3OP/c1-13-6-3-4-9-18(13)26(25)19-11-10-15(21(22,23)24)12-17(19)16-8-5-7-14(2)20(16)26/h3-12H,1-2H3/t26-/m0/s1. The molecule has 1 aliphatic rings. The summed E-state index contributed by atoms with van der Waals surface area (Å²) in [5, 5.41) is 1.83. The Labute approximate surface area is 149 Å². The molecule has 0 aliphatic carbocycles. The summed E-state index contributed by atoms with van der Waals surface area (Å²) in [4.78, 5) is 0. The molecule has 0 unspecified atom stereocenters. The fraction of sp³-hybridized carbons (Fsp3) is 0.143. The monoisotopic (exact) mass is 372 g/mol. The highest BCUT2D eigenvalue weighted by atomic mass is 31.2. The van der Waals surface area contributed by atoms with Gasteiger partial charge in [-0.3, -0.25) is 0 Å². The zero-order chi connectivity index (χ0) is 18.7. The van der Waals surface area contributed by atoms with Gasteiger partial charge in [0.2, 0.25) is 0 Å². The molecule has 0 fully saturated rings. The van der Waals surface area contributed by atoms with Crippen molar-refractivity contribution in [3.05, 3.63) is 77.4 Å². The van der Waals surface area contributed by atoms with Crippen molar-refractivity contribution in [2.75, 3.05) is 0 Å². The Morgan fingerprint density at radius 2 is 1.46 bits per heavy atom. The average molecular weight is 372 g/mol. The van der Waals surface area contributed by atoms with Gasteiger partial charge in [-0.2, -0.15) is 13.2 Å². The quantitative estimate of drug-likeness (QED) is 0.433. The first-order valence-electron chi connectivity index (χ1n) is 8.23. The SMILES string of the molecule is Cc1ccccc1[P@]1(=O)c2ccc(C(F)(F)F)cc2-c2cccc(C)c21. The lowest BCUT2D eigenvalue weighted by molar-refractivity contribution is -0.137. The molecule has 3 aromatic rings. The minimum atomic E-state index is -4.44. The molecule has 0 spiro atoms. The van der Waals surface area contributed by atoms with Crippen molar-refractivity contribution in [3.63, 3.8) is 0 Å². The number of aryl methyl sites for hydroxylation is 2. The van der Waals surface area contributed by atoms with E-state index in [2.05, 4.69) is 0 Å². The van der Waals surface area contributed by atoms with Gasteiger partial charge in [0.1, 0.15) is 0 Å². The van der Waals surface area contributed by atoms with Crippen molar-refractivity contribution in [1.82, 2.24) is 0 Å². The number of halogens is 3. The summed E-state index contributed by atoms with van der Waals surface area (Å²) >= 11 is 0. The number of benzene rings is 3. The van der Waals surface area contributed by atoms with E-state index in [0.717, 1.165) is 23.3 Å². The Balaban J connectivity index is 2.12. The number of hydrogen-bond acceptors (Lipinski definition) is 1. The molecule has 5 heteroatoms. The van der Waals surface area contributed by atoms with Crippen LogP contribution < -0.4 is 15.9 Å². The van der Waals surface area contributed by atoms with Gasteiger partial charge < -0.3 is 4.57 Å². The Kier molecular flexibility index (Phi) is 3.68. The van der Waals surface area contributed by atoms with Crippen LogP contribution in [0, 0.1) is 13.8 Å². The third-order valence-corrected chi connectivity index (χ3v) is 8.43. The number of rotatable bonds is 1. The summed E-state index contributed by atoms with van der Waals surface area (Å²) in [7, 11) is -3.22. The van der Waals surface area contributed by atoms with Crippen LogP contribution in [0.2, 0.25) is 0 Å². The number of hydrogen-bond donors (Lipinski definition) is 0. The van der Waals surface area contributed by atoms with Gasteiger partial charge in [-0.15, -0.1) is 0 Å². The summed E-state index contributed by atoms with van der Waals surface area (Å²) in [6.45, 7) is 3.75. The third kappa shape index (κ3) is 2.29. The Bertz CT molecular complexity index is 1080. The molecule has 132 valence electrons. The maximum atomic E-state index is 14.4. The summed E-state index contributed by atoms with van der Waals surface area (Å²) in [6.07, 6.45) is -4.44. The summed E-state index contributed by atoms with van der Waals surface area (Å²) < 4.78 is 54.0. The van der Waals surface area contributed by atoms with Gasteiger partial charge in [0.15, 0.2) is 7.14 Å². The van der Waals surface area contributed by atoms with Crippen molar-refractivity contribution >= 4 is 23.1 Å². The van der Waals surface area contributed by atoms with E-state index >= 15 is 0 Å². The normalized spacial score (nSPS) is 18.5. The van der Waals surface area contributed by atoms with E-state index in [1.807, 2.05) is 44.2 Å². The van der Waals surface area contributed by atoms with E-state index < -0.39 is 18.9 Å². The number of fused-ring (bicyclic) bond motifs is 3. The second kappa shape index (κ2) is 5.59. The molecule has 1 atom stereocenters. The molecule has 26 heavy (non-hydrogen) atoms. The first-order chi connectivity index (χ1) is 12.2. The molecular weight excluding hydrogens is 356 g/mol.